The number of carbonyl (C=O) groups is 2. The Labute approximate surface area is 131 Å². The summed E-state index contributed by atoms with van der Waals surface area (Å²) in [5.41, 5.74) is -0.491. The molecule has 0 atom stereocenters. The predicted molar refractivity (Wildman–Crippen MR) is 80.4 cm³/mol. The monoisotopic (exact) mass is 330 g/mol. The zero-order valence-electron chi connectivity index (χ0n) is 12.6. The van der Waals surface area contributed by atoms with E-state index >= 15 is 0 Å². The van der Waals surface area contributed by atoms with Crippen molar-refractivity contribution in [3.63, 3.8) is 0 Å². The fourth-order valence-electron chi connectivity index (χ4n) is 1.97. The first kappa shape index (κ1) is 18.5. The van der Waals surface area contributed by atoms with Crippen LogP contribution in [0.15, 0.2) is 30.4 Å². The highest BCUT2D eigenvalue weighted by Crippen LogP contribution is 2.35. The number of alkyl halides is 3. The summed E-state index contributed by atoms with van der Waals surface area (Å²) >= 11 is 0. The lowest BCUT2D eigenvalue weighted by molar-refractivity contribution is -0.137. The number of aliphatic carboxylic acids is 1. The average molecular weight is 330 g/mol. The van der Waals surface area contributed by atoms with Crippen LogP contribution in [0.5, 0.6) is 0 Å². The Morgan fingerprint density at radius 3 is 2.30 bits per heavy atom. The van der Waals surface area contributed by atoms with Crippen molar-refractivity contribution in [2.45, 2.75) is 20.0 Å². The van der Waals surface area contributed by atoms with Crippen molar-refractivity contribution in [2.24, 2.45) is 0 Å². The summed E-state index contributed by atoms with van der Waals surface area (Å²) in [4.78, 5) is 23.8. The topological polar surface area (TPSA) is 69.6 Å². The van der Waals surface area contributed by atoms with Gasteiger partial charge in [0.05, 0.1) is 16.9 Å². The fraction of sp³-hybridized carbons (Fsp3) is 0.333. The van der Waals surface area contributed by atoms with Gasteiger partial charge in [-0.1, -0.05) is 0 Å². The molecule has 0 aliphatic rings. The van der Waals surface area contributed by atoms with E-state index in [1.807, 2.05) is 13.8 Å². The quantitative estimate of drug-likeness (QED) is 0.786. The second-order valence-corrected chi connectivity index (χ2v) is 4.56. The van der Waals surface area contributed by atoms with Gasteiger partial charge in [0.15, 0.2) is 0 Å². The van der Waals surface area contributed by atoms with E-state index in [4.69, 9.17) is 5.11 Å². The molecule has 1 amide bonds. The average Bonchev–Trinajstić information content (AvgIpc) is 2.46. The Hall–Kier alpha value is -2.51. The van der Waals surface area contributed by atoms with Gasteiger partial charge in [-0.25, -0.2) is 4.79 Å². The Morgan fingerprint density at radius 2 is 1.83 bits per heavy atom. The van der Waals surface area contributed by atoms with Crippen molar-refractivity contribution < 1.29 is 27.9 Å². The number of benzene rings is 1. The largest absolute Gasteiger partial charge is 0.478 e. The smallest absolute Gasteiger partial charge is 0.416 e. The molecule has 0 aliphatic carbocycles. The first-order valence-electron chi connectivity index (χ1n) is 6.87. The first-order valence-corrected chi connectivity index (χ1v) is 6.87. The number of carboxylic acid groups (broad SMARTS) is 1. The van der Waals surface area contributed by atoms with Gasteiger partial charge in [0.25, 0.3) is 0 Å². The molecule has 0 heterocycles. The van der Waals surface area contributed by atoms with Crippen LogP contribution in [0.4, 0.5) is 24.5 Å². The molecule has 0 bridgehead atoms. The number of nitrogens with one attached hydrogen (secondary N) is 1. The minimum atomic E-state index is -4.54. The molecule has 1 aromatic rings. The molecule has 2 N–H and O–H groups in total. The van der Waals surface area contributed by atoms with Gasteiger partial charge in [-0.05, 0) is 32.0 Å². The van der Waals surface area contributed by atoms with Gasteiger partial charge in [-0.2, -0.15) is 13.2 Å². The molecule has 0 saturated heterocycles. The van der Waals surface area contributed by atoms with Crippen molar-refractivity contribution in [1.29, 1.82) is 0 Å². The van der Waals surface area contributed by atoms with Crippen molar-refractivity contribution in [1.82, 2.24) is 0 Å². The summed E-state index contributed by atoms with van der Waals surface area (Å²) in [7, 11) is 0. The number of carboxylic acids is 1. The van der Waals surface area contributed by atoms with Crippen LogP contribution in [0, 0.1) is 0 Å². The Kier molecular flexibility index (Phi) is 6.18. The maximum absolute atomic E-state index is 12.8. The van der Waals surface area contributed by atoms with Crippen molar-refractivity contribution in [2.75, 3.05) is 23.3 Å². The van der Waals surface area contributed by atoms with E-state index in [1.165, 1.54) is 6.07 Å². The Bertz CT molecular complexity index is 608. The van der Waals surface area contributed by atoms with Gasteiger partial charge in [-0.3, -0.25) is 4.79 Å². The van der Waals surface area contributed by atoms with Gasteiger partial charge in [0.1, 0.15) is 0 Å². The van der Waals surface area contributed by atoms with Crippen molar-refractivity contribution in [3.8, 4) is 0 Å². The van der Waals surface area contributed by atoms with E-state index in [9.17, 15) is 22.8 Å². The molecular weight excluding hydrogens is 313 g/mol. The summed E-state index contributed by atoms with van der Waals surface area (Å²) < 4.78 is 38.5. The molecule has 0 aliphatic heterocycles. The SMILES string of the molecule is CCN(CC)c1ccc(C(F)(F)F)cc1NC(=O)/C=C\C(=O)O. The highest BCUT2D eigenvalue weighted by atomic mass is 19.4. The molecule has 0 aromatic heterocycles. The van der Waals surface area contributed by atoms with E-state index in [0.717, 1.165) is 18.2 Å². The third-order valence-electron chi connectivity index (χ3n) is 3.06. The number of carbonyl (C=O) groups excluding carboxylic acids is 1. The number of amides is 1. The van der Waals surface area contributed by atoms with Gasteiger partial charge < -0.3 is 15.3 Å². The zero-order chi connectivity index (χ0) is 17.6. The second-order valence-electron chi connectivity index (χ2n) is 4.56. The first-order chi connectivity index (χ1) is 10.7. The maximum Gasteiger partial charge on any atom is 0.416 e. The van der Waals surface area contributed by atoms with Gasteiger partial charge in [0, 0.05) is 25.2 Å². The number of hydrogen-bond acceptors (Lipinski definition) is 3. The van der Waals surface area contributed by atoms with Gasteiger partial charge in [0.2, 0.25) is 5.91 Å². The highest BCUT2D eigenvalue weighted by molar-refractivity contribution is 6.04. The fourth-order valence-corrected chi connectivity index (χ4v) is 1.97. The minimum absolute atomic E-state index is 0.0245. The molecule has 0 radical (unpaired) electrons. The van der Waals surface area contributed by atoms with Crippen LogP contribution in [0.2, 0.25) is 0 Å². The minimum Gasteiger partial charge on any atom is -0.478 e. The van der Waals surface area contributed by atoms with E-state index in [0.29, 0.717) is 24.9 Å². The van der Waals surface area contributed by atoms with Gasteiger partial charge in [-0.15, -0.1) is 0 Å². The molecule has 0 spiro atoms. The maximum atomic E-state index is 12.8. The van der Waals surface area contributed by atoms with Crippen LogP contribution in [-0.2, 0) is 15.8 Å². The van der Waals surface area contributed by atoms with Crippen LogP contribution in [0.3, 0.4) is 0 Å². The number of rotatable bonds is 6. The number of nitrogens with zero attached hydrogens (tertiary/aromatic N) is 1. The lowest BCUT2D eigenvalue weighted by Gasteiger charge is -2.25. The van der Waals surface area contributed by atoms with Crippen LogP contribution in [0.1, 0.15) is 19.4 Å². The molecule has 23 heavy (non-hydrogen) atoms. The molecule has 1 aromatic carbocycles. The standard InChI is InChI=1S/C15H17F3N2O3/c1-3-20(4-2)12-6-5-10(15(16,17)18)9-11(12)19-13(21)7-8-14(22)23/h5-9H,3-4H2,1-2H3,(H,19,21)(H,22,23)/b8-7-. The van der Waals surface area contributed by atoms with Crippen LogP contribution < -0.4 is 10.2 Å². The summed E-state index contributed by atoms with van der Waals surface area (Å²) in [6, 6.07) is 3.06. The molecule has 0 fully saturated rings. The number of halogens is 3. The van der Waals surface area contributed by atoms with E-state index < -0.39 is 23.6 Å². The molecule has 126 valence electrons. The molecular formula is C15H17F3N2O3. The second kappa shape index (κ2) is 7.66. The van der Waals surface area contributed by atoms with Crippen LogP contribution in [-0.4, -0.2) is 30.1 Å². The summed E-state index contributed by atoms with van der Waals surface area (Å²) in [5, 5.41) is 10.8. The molecule has 5 nitrogen and oxygen atoms in total. The van der Waals surface area contributed by atoms with E-state index in [1.54, 1.807) is 4.90 Å². The van der Waals surface area contributed by atoms with Gasteiger partial charge >= 0.3 is 12.1 Å². The summed E-state index contributed by atoms with van der Waals surface area (Å²) in [6.07, 6.45) is -3.19. The summed E-state index contributed by atoms with van der Waals surface area (Å²) in [5.74, 6) is -2.15. The highest BCUT2D eigenvalue weighted by Gasteiger charge is 2.31. The van der Waals surface area contributed by atoms with Crippen LogP contribution >= 0.6 is 0 Å². The molecule has 8 heteroatoms. The lowest BCUT2D eigenvalue weighted by Crippen LogP contribution is -2.24. The van der Waals surface area contributed by atoms with Crippen molar-refractivity contribution in [3.05, 3.63) is 35.9 Å². The normalized spacial score (nSPS) is 11.5. The summed E-state index contributed by atoms with van der Waals surface area (Å²) in [6.45, 7) is 4.74. The Morgan fingerprint density at radius 1 is 1.22 bits per heavy atom. The lowest BCUT2D eigenvalue weighted by atomic mass is 10.1. The zero-order valence-corrected chi connectivity index (χ0v) is 12.6. The van der Waals surface area contributed by atoms with E-state index in [2.05, 4.69) is 5.32 Å². The Balaban J connectivity index is 3.22. The number of anilines is 2. The third-order valence-corrected chi connectivity index (χ3v) is 3.06. The van der Waals surface area contributed by atoms with Crippen LogP contribution in [0.25, 0.3) is 0 Å². The molecule has 1 rings (SSSR count). The third kappa shape index (κ3) is 5.32. The predicted octanol–water partition coefficient (Wildman–Crippen LogP) is 3.13. The van der Waals surface area contributed by atoms with Crippen molar-refractivity contribution >= 4 is 23.3 Å². The molecule has 0 saturated carbocycles. The molecule has 0 unspecified atom stereocenters. The van der Waals surface area contributed by atoms with E-state index in [-0.39, 0.29) is 5.69 Å². The number of hydrogen-bond donors (Lipinski definition) is 2.